The molecule has 1 saturated heterocycles. The van der Waals surface area contributed by atoms with E-state index in [1.807, 2.05) is 21.6 Å². The molecule has 5 nitrogen and oxygen atoms in total. The summed E-state index contributed by atoms with van der Waals surface area (Å²) < 4.78 is 15.4. The fraction of sp³-hybridized carbons (Fsp3) is 1.00. The van der Waals surface area contributed by atoms with Crippen LogP contribution in [-0.2, 0) is 14.2 Å². The molecule has 3 unspecified atom stereocenters. The zero-order valence-corrected chi connectivity index (χ0v) is 14.4. The molecule has 0 bridgehead atoms. The van der Waals surface area contributed by atoms with Crippen LogP contribution in [0.3, 0.4) is 0 Å². The highest BCUT2D eigenvalue weighted by atomic mass is 33.1. The minimum atomic E-state index is -0.757. The van der Waals surface area contributed by atoms with Gasteiger partial charge in [-0.2, -0.15) is 0 Å². The predicted octanol–water partition coefficient (Wildman–Crippen LogP) is 2.41. The summed E-state index contributed by atoms with van der Waals surface area (Å²) in [5.74, 6) is 1.28. The van der Waals surface area contributed by atoms with Gasteiger partial charge < -0.3 is 24.4 Å². The molecule has 0 aromatic heterocycles. The minimum Gasteiger partial charge on any atom is -0.377 e. The van der Waals surface area contributed by atoms with Crippen molar-refractivity contribution < 1.29 is 24.4 Å². The smallest absolute Gasteiger partial charge is 0.154 e. The van der Waals surface area contributed by atoms with Crippen molar-refractivity contribution in [3.8, 4) is 0 Å². The molecular formula is C14H28O5S2. The van der Waals surface area contributed by atoms with E-state index < -0.39 is 12.6 Å². The summed E-state index contributed by atoms with van der Waals surface area (Å²) >= 11 is 0. The third kappa shape index (κ3) is 11.7. The van der Waals surface area contributed by atoms with E-state index >= 15 is 0 Å². The Kier molecular flexibility index (Phi) is 12.1. The first-order valence-corrected chi connectivity index (χ1v) is 10.0. The molecule has 0 amide bonds. The Morgan fingerprint density at radius 3 is 2.52 bits per heavy atom. The van der Waals surface area contributed by atoms with Crippen molar-refractivity contribution >= 4 is 21.6 Å². The molecule has 1 fully saturated rings. The van der Waals surface area contributed by atoms with Gasteiger partial charge in [-0.05, 0) is 32.6 Å². The summed E-state index contributed by atoms with van der Waals surface area (Å²) in [5.41, 5.74) is 0. The van der Waals surface area contributed by atoms with Crippen molar-refractivity contribution in [1.82, 2.24) is 0 Å². The van der Waals surface area contributed by atoms with Crippen LogP contribution in [-0.4, -0.2) is 60.2 Å². The monoisotopic (exact) mass is 340 g/mol. The van der Waals surface area contributed by atoms with Crippen LogP contribution in [0.1, 0.15) is 39.0 Å². The van der Waals surface area contributed by atoms with Gasteiger partial charge in [-0.25, -0.2) is 0 Å². The summed E-state index contributed by atoms with van der Waals surface area (Å²) in [5, 5.41) is 19.3. The van der Waals surface area contributed by atoms with E-state index in [9.17, 15) is 5.11 Å². The van der Waals surface area contributed by atoms with Gasteiger partial charge in [0.05, 0.1) is 26.4 Å². The summed E-state index contributed by atoms with van der Waals surface area (Å²) in [7, 11) is 3.98. The third-order valence-corrected chi connectivity index (χ3v) is 6.09. The quantitative estimate of drug-likeness (QED) is 0.303. The number of rotatable bonds is 13. The maximum absolute atomic E-state index is 9.67. The van der Waals surface area contributed by atoms with Gasteiger partial charge in [0.1, 0.15) is 0 Å². The number of aliphatic hydroxyl groups excluding tert-OH is 2. The lowest BCUT2D eigenvalue weighted by Crippen LogP contribution is -2.17. The lowest BCUT2D eigenvalue weighted by molar-refractivity contribution is -0.125. The van der Waals surface area contributed by atoms with Crippen molar-refractivity contribution in [3.05, 3.63) is 0 Å². The van der Waals surface area contributed by atoms with Gasteiger partial charge >= 0.3 is 0 Å². The second kappa shape index (κ2) is 13.0. The van der Waals surface area contributed by atoms with Crippen LogP contribution in [0.2, 0.25) is 0 Å². The normalized spacial score (nSPS) is 21.6. The molecule has 2 N–H and O–H groups in total. The molecule has 126 valence electrons. The molecule has 0 saturated carbocycles. The molecule has 3 atom stereocenters. The fourth-order valence-electron chi connectivity index (χ4n) is 1.96. The number of hydrogen-bond donors (Lipinski definition) is 2. The van der Waals surface area contributed by atoms with E-state index in [1.54, 1.807) is 6.92 Å². The van der Waals surface area contributed by atoms with Crippen LogP contribution in [0.4, 0.5) is 0 Å². The lowest BCUT2D eigenvalue weighted by atomic mass is 10.1. The second-order valence-electron chi connectivity index (χ2n) is 5.02. The Morgan fingerprint density at radius 1 is 1.10 bits per heavy atom. The molecule has 1 aliphatic heterocycles. The van der Waals surface area contributed by atoms with Gasteiger partial charge in [-0.3, -0.25) is 0 Å². The van der Waals surface area contributed by atoms with Gasteiger partial charge in [0.15, 0.2) is 12.6 Å². The zero-order chi connectivity index (χ0) is 15.3. The van der Waals surface area contributed by atoms with Gasteiger partial charge in [-0.15, -0.1) is 0 Å². The van der Waals surface area contributed by atoms with Crippen molar-refractivity contribution in [2.45, 2.75) is 56.9 Å². The van der Waals surface area contributed by atoms with Crippen molar-refractivity contribution in [1.29, 1.82) is 0 Å². The Labute approximate surface area is 135 Å². The Balaban J connectivity index is 1.79. The molecule has 1 aliphatic rings. The van der Waals surface area contributed by atoms with E-state index in [4.69, 9.17) is 19.3 Å². The molecule has 7 heteroatoms. The van der Waals surface area contributed by atoms with Gasteiger partial charge in [-0.1, -0.05) is 28.0 Å². The topological polar surface area (TPSA) is 68.2 Å². The first-order valence-electron chi connectivity index (χ1n) is 7.64. The lowest BCUT2D eigenvalue weighted by Gasteiger charge is -2.13. The van der Waals surface area contributed by atoms with Crippen LogP contribution >= 0.6 is 21.6 Å². The summed E-state index contributed by atoms with van der Waals surface area (Å²) in [6.07, 6.45) is 3.98. The number of hydrogen-bond acceptors (Lipinski definition) is 7. The molecule has 0 aromatic carbocycles. The number of ether oxygens (including phenoxy) is 3. The maximum atomic E-state index is 9.67. The van der Waals surface area contributed by atoms with Crippen LogP contribution in [0.15, 0.2) is 0 Å². The van der Waals surface area contributed by atoms with Crippen LogP contribution < -0.4 is 0 Å². The van der Waals surface area contributed by atoms with Gasteiger partial charge in [0.25, 0.3) is 0 Å². The average molecular weight is 341 g/mol. The zero-order valence-electron chi connectivity index (χ0n) is 12.7. The highest BCUT2D eigenvalue weighted by Crippen LogP contribution is 2.39. The van der Waals surface area contributed by atoms with Crippen molar-refractivity contribution in [2.75, 3.05) is 32.2 Å². The van der Waals surface area contributed by atoms with Crippen molar-refractivity contribution in [3.63, 3.8) is 0 Å². The average Bonchev–Trinajstić information content (AvgIpc) is 2.95. The second-order valence-corrected chi connectivity index (χ2v) is 7.81. The molecule has 1 heterocycles. The third-order valence-electron chi connectivity index (χ3n) is 3.08. The summed E-state index contributed by atoms with van der Waals surface area (Å²) in [4.78, 5) is 0. The van der Waals surface area contributed by atoms with E-state index in [2.05, 4.69) is 0 Å². The molecule has 1 rings (SSSR count). The number of unbranched alkanes of at least 4 members (excludes halogenated alkanes) is 1. The Hall–Kier alpha value is 0.500. The number of aliphatic hydroxyl groups is 2. The predicted molar refractivity (Wildman–Crippen MR) is 87.3 cm³/mol. The molecule has 0 spiro atoms. The molecule has 0 aliphatic carbocycles. The van der Waals surface area contributed by atoms with Gasteiger partial charge in [0, 0.05) is 11.0 Å². The summed E-state index contributed by atoms with van der Waals surface area (Å²) in [6, 6.07) is 0. The van der Waals surface area contributed by atoms with Crippen molar-refractivity contribution in [2.24, 2.45) is 0 Å². The highest BCUT2D eigenvalue weighted by Gasteiger charge is 2.15. The Bertz CT molecular complexity index is 237. The van der Waals surface area contributed by atoms with Crippen LogP contribution in [0.25, 0.3) is 0 Å². The maximum Gasteiger partial charge on any atom is 0.154 e. The van der Waals surface area contributed by atoms with Crippen LogP contribution in [0, 0.1) is 0 Å². The van der Waals surface area contributed by atoms with E-state index in [0.29, 0.717) is 32.8 Å². The van der Waals surface area contributed by atoms with E-state index in [0.717, 1.165) is 18.1 Å². The standard InChI is InChI=1S/C14H28O5S2/c1-12(15)18-9-7-17-8-10-19-14(16)5-3-2-4-13-6-11-20-21-13/h12-16H,2-11H2,1H3. The minimum absolute atomic E-state index is 0.359. The fourth-order valence-corrected chi connectivity index (χ4v) is 4.99. The largest absolute Gasteiger partial charge is 0.377 e. The molecular weight excluding hydrogens is 312 g/mol. The highest BCUT2D eigenvalue weighted by molar-refractivity contribution is 8.77. The Morgan fingerprint density at radius 2 is 1.86 bits per heavy atom. The molecule has 0 radical (unpaired) electrons. The molecule has 0 aromatic rings. The molecule has 21 heavy (non-hydrogen) atoms. The SMILES string of the molecule is CC(O)OCCOCCOC(O)CCCCC1CCSS1. The van der Waals surface area contributed by atoms with E-state index in [-0.39, 0.29) is 0 Å². The van der Waals surface area contributed by atoms with Gasteiger partial charge in [0.2, 0.25) is 0 Å². The summed E-state index contributed by atoms with van der Waals surface area (Å²) in [6.45, 7) is 3.14. The first-order chi connectivity index (χ1) is 10.2. The first kappa shape index (κ1) is 19.5. The van der Waals surface area contributed by atoms with E-state index in [1.165, 1.54) is 18.6 Å². The van der Waals surface area contributed by atoms with Crippen LogP contribution in [0.5, 0.6) is 0 Å².